The van der Waals surface area contributed by atoms with Crippen LogP contribution in [-0.4, -0.2) is 54.7 Å². The van der Waals surface area contributed by atoms with Gasteiger partial charge in [-0.05, 0) is 36.8 Å². The second kappa shape index (κ2) is 10.1. The first-order valence-corrected chi connectivity index (χ1v) is 10.9. The van der Waals surface area contributed by atoms with Crippen molar-refractivity contribution in [3.63, 3.8) is 0 Å². The Morgan fingerprint density at radius 3 is 2.60 bits per heavy atom. The van der Waals surface area contributed by atoms with Crippen LogP contribution in [0.3, 0.4) is 0 Å². The topological polar surface area (TPSA) is 109 Å². The molecule has 3 amide bonds. The van der Waals surface area contributed by atoms with E-state index < -0.39 is 55.4 Å². The third-order valence-corrected chi connectivity index (χ3v) is 5.78. The highest BCUT2D eigenvalue weighted by atomic mass is 19.4. The van der Waals surface area contributed by atoms with Crippen molar-refractivity contribution in [2.45, 2.75) is 43.2 Å². The number of aliphatic hydroxyl groups is 1. The van der Waals surface area contributed by atoms with E-state index in [9.17, 15) is 32.3 Å². The summed E-state index contributed by atoms with van der Waals surface area (Å²) in [4.78, 5) is 24.3. The molecule has 0 aromatic heterocycles. The molecular formula is C23H23F4N3O5. The molecule has 12 heteroatoms. The number of nitrogens with one attached hydrogen (secondary N) is 3. The molecule has 1 saturated heterocycles. The fraction of sp³-hybridized carbons (Fsp3) is 0.391. The van der Waals surface area contributed by atoms with Gasteiger partial charge in [-0.3, -0.25) is 4.79 Å². The highest BCUT2D eigenvalue weighted by Crippen LogP contribution is 2.47. The van der Waals surface area contributed by atoms with Gasteiger partial charge < -0.3 is 30.5 Å². The monoisotopic (exact) mass is 497 g/mol. The SMILES string of the molecule is O=C(C[C@H]1C[C@@H]2c3cc(NC(=O)Nc4ccccc4F)ccc3O[C@@H]2[C@@H](CO)O1)NCC(F)(F)F. The number of para-hydroxylation sites is 1. The van der Waals surface area contributed by atoms with Crippen LogP contribution in [0.4, 0.5) is 33.7 Å². The predicted octanol–water partition coefficient (Wildman–Crippen LogP) is 3.53. The molecule has 0 aliphatic carbocycles. The van der Waals surface area contributed by atoms with E-state index in [1.165, 1.54) is 18.2 Å². The van der Waals surface area contributed by atoms with Crippen molar-refractivity contribution in [3.8, 4) is 5.75 Å². The molecule has 188 valence electrons. The molecule has 8 nitrogen and oxygen atoms in total. The van der Waals surface area contributed by atoms with Crippen molar-refractivity contribution < 1.29 is 41.7 Å². The normalized spacial score (nSPS) is 23.0. The zero-order valence-corrected chi connectivity index (χ0v) is 18.3. The third kappa shape index (κ3) is 6.01. The van der Waals surface area contributed by atoms with Crippen LogP contribution in [0.1, 0.15) is 24.3 Å². The van der Waals surface area contributed by atoms with Crippen molar-refractivity contribution in [2.24, 2.45) is 0 Å². The van der Waals surface area contributed by atoms with E-state index >= 15 is 0 Å². The zero-order valence-electron chi connectivity index (χ0n) is 18.3. The minimum atomic E-state index is -4.53. The van der Waals surface area contributed by atoms with Crippen molar-refractivity contribution in [1.82, 2.24) is 5.32 Å². The van der Waals surface area contributed by atoms with Gasteiger partial charge in [0, 0.05) is 17.2 Å². The van der Waals surface area contributed by atoms with Gasteiger partial charge in [-0.15, -0.1) is 0 Å². The number of hydrogen-bond donors (Lipinski definition) is 4. The van der Waals surface area contributed by atoms with Gasteiger partial charge in [0.15, 0.2) is 0 Å². The van der Waals surface area contributed by atoms with Crippen LogP contribution in [0.5, 0.6) is 5.75 Å². The lowest BCUT2D eigenvalue weighted by Gasteiger charge is -2.37. The first-order chi connectivity index (χ1) is 16.6. The van der Waals surface area contributed by atoms with Gasteiger partial charge in [-0.1, -0.05) is 12.1 Å². The maximum Gasteiger partial charge on any atom is 0.405 e. The summed E-state index contributed by atoms with van der Waals surface area (Å²) in [7, 11) is 0. The van der Waals surface area contributed by atoms with E-state index in [2.05, 4.69) is 10.6 Å². The quantitative estimate of drug-likeness (QED) is 0.457. The van der Waals surface area contributed by atoms with Crippen LogP contribution >= 0.6 is 0 Å². The molecule has 0 spiro atoms. The Labute approximate surface area is 197 Å². The number of hydrogen-bond acceptors (Lipinski definition) is 5. The molecule has 35 heavy (non-hydrogen) atoms. The summed E-state index contributed by atoms with van der Waals surface area (Å²) >= 11 is 0. The summed E-state index contributed by atoms with van der Waals surface area (Å²) in [5, 5.41) is 16.6. The Morgan fingerprint density at radius 1 is 1.11 bits per heavy atom. The number of carbonyl (C=O) groups is 2. The molecule has 2 aromatic rings. The molecule has 2 aromatic carbocycles. The molecule has 0 saturated carbocycles. The number of aliphatic hydroxyl groups excluding tert-OH is 1. The molecule has 4 atom stereocenters. The minimum Gasteiger partial charge on any atom is -0.487 e. The van der Waals surface area contributed by atoms with Gasteiger partial charge in [0.25, 0.3) is 0 Å². The smallest absolute Gasteiger partial charge is 0.405 e. The average Bonchev–Trinajstić information content (AvgIpc) is 3.16. The van der Waals surface area contributed by atoms with Gasteiger partial charge in [0.2, 0.25) is 5.91 Å². The lowest BCUT2D eigenvalue weighted by atomic mass is 9.84. The van der Waals surface area contributed by atoms with E-state index in [0.717, 1.165) is 0 Å². The van der Waals surface area contributed by atoms with Crippen molar-refractivity contribution >= 4 is 23.3 Å². The lowest BCUT2D eigenvalue weighted by molar-refractivity contribution is -0.149. The molecular weight excluding hydrogens is 474 g/mol. The summed E-state index contributed by atoms with van der Waals surface area (Å²) < 4.78 is 62.5. The highest BCUT2D eigenvalue weighted by molar-refractivity contribution is 5.99. The molecule has 4 N–H and O–H groups in total. The largest absolute Gasteiger partial charge is 0.487 e. The Bertz CT molecular complexity index is 1100. The predicted molar refractivity (Wildman–Crippen MR) is 117 cm³/mol. The maximum atomic E-state index is 13.8. The zero-order chi connectivity index (χ0) is 25.2. The number of ether oxygens (including phenoxy) is 2. The summed E-state index contributed by atoms with van der Waals surface area (Å²) in [5.74, 6) is -1.23. The van der Waals surface area contributed by atoms with Crippen LogP contribution < -0.4 is 20.7 Å². The number of anilines is 2. The maximum absolute atomic E-state index is 13.8. The van der Waals surface area contributed by atoms with Crippen molar-refractivity contribution in [3.05, 3.63) is 53.8 Å². The Balaban J connectivity index is 1.44. The molecule has 2 aliphatic heterocycles. The molecule has 4 rings (SSSR count). The van der Waals surface area contributed by atoms with E-state index in [1.807, 2.05) is 5.32 Å². The number of halogens is 4. The number of alkyl halides is 3. The summed E-state index contributed by atoms with van der Waals surface area (Å²) in [6.07, 6.45) is -6.67. The first kappa shape index (κ1) is 24.7. The van der Waals surface area contributed by atoms with Crippen LogP contribution in [-0.2, 0) is 9.53 Å². The van der Waals surface area contributed by atoms with E-state index in [0.29, 0.717) is 17.0 Å². The van der Waals surface area contributed by atoms with Gasteiger partial charge in [-0.25, -0.2) is 9.18 Å². The number of carbonyl (C=O) groups excluding carboxylic acids is 2. The van der Waals surface area contributed by atoms with Gasteiger partial charge in [0.05, 0.1) is 24.8 Å². The first-order valence-electron chi connectivity index (χ1n) is 10.9. The van der Waals surface area contributed by atoms with E-state index in [1.54, 1.807) is 24.3 Å². The average molecular weight is 497 g/mol. The molecule has 1 fully saturated rings. The Morgan fingerprint density at radius 2 is 1.89 bits per heavy atom. The molecule has 2 aliphatic rings. The van der Waals surface area contributed by atoms with Crippen LogP contribution in [0, 0.1) is 5.82 Å². The van der Waals surface area contributed by atoms with E-state index in [4.69, 9.17) is 9.47 Å². The number of rotatable bonds is 6. The third-order valence-electron chi connectivity index (χ3n) is 5.78. The number of fused-ring (bicyclic) bond motifs is 3. The van der Waals surface area contributed by atoms with Gasteiger partial charge >= 0.3 is 12.2 Å². The number of urea groups is 1. The van der Waals surface area contributed by atoms with Crippen LogP contribution in [0.25, 0.3) is 0 Å². The van der Waals surface area contributed by atoms with Crippen molar-refractivity contribution in [1.29, 1.82) is 0 Å². The molecule has 0 unspecified atom stereocenters. The summed E-state index contributed by atoms with van der Waals surface area (Å²) in [5.41, 5.74) is 1.10. The standard InChI is InChI=1S/C23H23F4N3O5/c24-16-3-1-2-4-17(16)30-22(33)29-12-5-6-18-14(7-12)15-8-13(34-19(10-31)21(15)35-18)9-20(32)28-11-23(25,26)27/h1-7,13,15,19,21,31H,8-11H2,(H,28,32)(H2,29,30,33)/t13-,15-,19-,21+/m1/s1. The van der Waals surface area contributed by atoms with Crippen LogP contribution in [0.2, 0.25) is 0 Å². The molecule has 0 bridgehead atoms. The molecule has 2 heterocycles. The Kier molecular flexibility index (Phi) is 7.13. The summed E-state index contributed by atoms with van der Waals surface area (Å²) in [6, 6.07) is 9.93. The highest BCUT2D eigenvalue weighted by Gasteiger charge is 2.46. The fourth-order valence-electron chi connectivity index (χ4n) is 4.29. The summed E-state index contributed by atoms with van der Waals surface area (Å²) in [6.45, 7) is -1.85. The second-order valence-electron chi connectivity index (χ2n) is 8.31. The minimum absolute atomic E-state index is 0.0106. The van der Waals surface area contributed by atoms with Gasteiger partial charge in [-0.2, -0.15) is 13.2 Å². The van der Waals surface area contributed by atoms with E-state index in [-0.39, 0.29) is 24.4 Å². The van der Waals surface area contributed by atoms with Crippen LogP contribution in [0.15, 0.2) is 42.5 Å². The van der Waals surface area contributed by atoms with Crippen molar-refractivity contribution in [2.75, 3.05) is 23.8 Å². The van der Waals surface area contributed by atoms with Gasteiger partial charge in [0.1, 0.15) is 30.3 Å². The lowest BCUT2D eigenvalue weighted by Crippen LogP contribution is -2.47. The Hall–Kier alpha value is -3.38. The fourth-order valence-corrected chi connectivity index (χ4v) is 4.29. The second-order valence-corrected chi connectivity index (χ2v) is 8.31. The number of benzene rings is 2. The molecule has 0 radical (unpaired) electrons. The number of amides is 3.